The summed E-state index contributed by atoms with van der Waals surface area (Å²) >= 11 is 0. The zero-order chi connectivity index (χ0) is 15.2. The van der Waals surface area contributed by atoms with Crippen LogP contribution in [0, 0.1) is 5.82 Å². The third-order valence-electron chi connectivity index (χ3n) is 3.53. The quantitative estimate of drug-likeness (QED) is 0.796. The lowest BCUT2D eigenvalue weighted by molar-refractivity contribution is 0.00513. The molecule has 0 saturated heterocycles. The number of nitrogens with two attached hydrogens (primary N) is 1. The van der Waals surface area contributed by atoms with Gasteiger partial charge >= 0.3 is 0 Å². The molecule has 0 radical (unpaired) electrons. The summed E-state index contributed by atoms with van der Waals surface area (Å²) in [7, 11) is 1.66. The fourth-order valence-corrected chi connectivity index (χ4v) is 1.74. The van der Waals surface area contributed by atoms with Gasteiger partial charge in [-0.2, -0.15) is 0 Å². The topological polar surface area (TPSA) is 44.5 Å². The van der Waals surface area contributed by atoms with E-state index in [1.165, 1.54) is 6.07 Å². The number of rotatable bonds is 8. The highest BCUT2D eigenvalue weighted by Crippen LogP contribution is 2.21. The third kappa shape index (κ3) is 5.47. The fraction of sp³-hybridized carbons (Fsp3) is 0.625. The fourth-order valence-electron chi connectivity index (χ4n) is 1.74. The van der Waals surface area contributed by atoms with E-state index in [1.807, 2.05) is 26.8 Å². The Morgan fingerprint density at radius 2 is 2.05 bits per heavy atom. The minimum atomic E-state index is -0.332. The van der Waals surface area contributed by atoms with Gasteiger partial charge in [-0.3, -0.25) is 0 Å². The molecule has 0 aromatic heterocycles. The van der Waals surface area contributed by atoms with Crippen LogP contribution in [0.1, 0.15) is 39.2 Å². The molecule has 0 fully saturated rings. The highest BCUT2D eigenvalue weighted by molar-refractivity contribution is 5.29. The lowest BCUT2D eigenvalue weighted by atomic mass is 10.0. The van der Waals surface area contributed by atoms with Gasteiger partial charge < -0.3 is 15.2 Å². The van der Waals surface area contributed by atoms with Crippen LogP contribution in [-0.4, -0.2) is 25.4 Å². The molecule has 0 aliphatic heterocycles. The van der Waals surface area contributed by atoms with E-state index in [-0.39, 0.29) is 23.2 Å². The van der Waals surface area contributed by atoms with Crippen molar-refractivity contribution in [2.45, 2.75) is 51.7 Å². The standard InChI is InChI=1S/C16H26FNO2/c1-5-13(18)10-12-6-7-15(14(17)11-12)20-9-8-16(2,3)19-4/h6-7,11,13H,5,8-10,18H2,1-4H3. The van der Waals surface area contributed by atoms with Crippen molar-refractivity contribution in [3.8, 4) is 5.75 Å². The van der Waals surface area contributed by atoms with Crippen molar-refractivity contribution in [3.63, 3.8) is 0 Å². The largest absolute Gasteiger partial charge is 0.490 e. The Morgan fingerprint density at radius 3 is 2.60 bits per heavy atom. The molecule has 0 bridgehead atoms. The van der Waals surface area contributed by atoms with Crippen LogP contribution in [-0.2, 0) is 11.2 Å². The van der Waals surface area contributed by atoms with Gasteiger partial charge in [0.15, 0.2) is 11.6 Å². The molecule has 0 saturated carbocycles. The second-order valence-electron chi connectivity index (χ2n) is 5.70. The molecule has 0 heterocycles. The molecule has 0 aliphatic rings. The van der Waals surface area contributed by atoms with Crippen molar-refractivity contribution < 1.29 is 13.9 Å². The van der Waals surface area contributed by atoms with Crippen molar-refractivity contribution in [2.75, 3.05) is 13.7 Å². The average molecular weight is 283 g/mol. The summed E-state index contributed by atoms with van der Waals surface area (Å²) in [6.45, 7) is 6.39. The molecule has 1 rings (SSSR count). The van der Waals surface area contributed by atoms with Gasteiger partial charge in [-0.25, -0.2) is 4.39 Å². The van der Waals surface area contributed by atoms with Crippen LogP contribution < -0.4 is 10.5 Å². The Hall–Kier alpha value is -1.13. The van der Waals surface area contributed by atoms with Crippen LogP contribution in [0.4, 0.5) is 4.39 Å². The van der Waals surface area contributed by atoms with E-state index in [9.17, 15) is 4.39 Å². The Kier molecular flexibility index (Phi) is 6.43. The molecule has 0 aliphatic carbocycles. The van der Waals surface area contributed by atoms with Crippen molar-refractivity contribution in [2.24, 2.45) is 5.73 Å². The molecule has 1 aromatic carbocycles. The van der Waals surface area contributed by atoms with Gasteiger partial charge in [0.2, 0.25) is 0 Å². The van der Waals surface area contributed by atoms with Gasteiger partial charge in [0.25, 0.3) is 0 Å². The molecule has 4 heteroatoms. The number of methoxy groups -OCH3 is 1. The van der Waals surface area contributed by atoms with Crippen LogP contribution in [0.2, 0.25) is 0 Å². The van der Waals surface area contributed by atoms with E-state index in [0.717, 1.165) is 12.0 Å². The number of halogens is 1. The van der Waals surface area contributed by atoms with E-state index in [2.05, 4.69) is 0 Å². The predicted molar refractivity (Wildman–Crippen MR) is 79.6 cm³/mol. The monoisotopic (exact) mass is 283 g/mol. The van der Waals surface area contributed by atoms with E-state index in [1.54, 1.807) is 13.2 Å². The second kappa shape index (κ2) is 7.60. The number of benzene rings is 1. The Balaban J connectivity index is 2.56. The number of ether oxygens (including phenoxy) is 2. The van der Waals surface area contributed by atoms with Gasteiger partial charge in [0.1, 0.15) is 0 Å². The molecular formula is C16H26FNO2. The highest BCUT2D eigenvalue weighted by Gasteiger charge is 2.16. The maximum Gasteiger partial charge on any atom is 0.165 e. The summed E-state index contributed by atoms with van der Waals surface area (Å²) in [5.41, 5.74) is 6.51. The number of hydrogen-bond donors (Lipinski definition) is 1. The van der Waals surface area contributed by atoms with Gasteiger partial charge in [0.05, 0.1) is 12.2 Å². The molecule has 2 N–H and O–H groups in total. The molecule has 1 aromatic rings. The summed E-state index contributed by atoms with van der Waals surface area (Å²) < 4.78 is 24.7. The smallest absolute Gasteiger partial charge is 0.165 e. The van der Waals surface area contributed by atoms with Crippen LogP contribution in [0.25, 0.3) is 0 Å². The second-order valence-corrected chi connectivity index (χ2v) is 5.70. The summed E-state index contributed by atoms with van der Waals surface area (Å²) in [4.78, 5) is 0. The summed E-state index contributed by atoms with van der Waals surface area (Å²) in [6, 6.07) is 5.12. The molecule has 1 atom stereocenters. The lowest BCUT2D eigenvalue weighted by Gasteiger charge is -2.22. The van der Waals surface area contributed by atoms with Crippen LogP contribution in [0.5, 0.6) is 5.75 Å². The molecule has 1 unspecified atom stereocenters. The Bertz CT molecular complexity index is 421. The molecule has 0 amide bonds. The Labute approximate surface area is 121 Å². The van der Waals surface area contributed by atoms with Crippen molar-refractivity contribution in [3.05, 3.63) is 29.6 Å². The third-order valence-corrected chi connectivity index (χ3v) is 3.53. The molecule has 3 nitrogen and oxygen atoms in total. The van der Waals surface area contributed by atoms with E-state index >= 15 is 0 Å². The summed E-state index contributed by atoms with van der Waals surface area (Å²) in [6.07, 6.45) is 2.27. The van der Waals surface area contributed by atoms with Crippen LogP contribution >= 0.6 is 0 Å². The van der Waals surface area contributed by atoms with Gasteiger partial charge in [-0.1, -0.05) is 13.0 Å². The van der Waals surface area contributed by atoms with E-state index < -0.39 is 0 Å². The predicted octanol–water partition coefficient (Wildman–Crippen LogP) is 3.30. The molecule has 20 heavy (non-hydrogen) atoms. The highest BCUT2D eigenvalue weighted by atomic mass is 19.1. The summed E-state index contributed by atoms with van der Waals surface area (Å²) in [5.74, 6) is -0.0493. The van der Waals surface area contributed by atoms with E-state index in [0.29, 0.717) is 19.4 Å². The van der Waals surface area contributed by atoms with Gasteiger partial charge in [-0.15, -0.1) is 0 Å². The maximum absolute atomic E-state index is 13.9. The minimum absolute atomic E-state index is 0.0728. The lowest BCUT2D eigenvalue weighted by Crippen LogP contribution is -2.25. The van der Waals surface area contributed by atoms with E-state index in [4.69, 9.17) is 15.2 Å². The van der Waals surface area contributed by atoms with Crippen LogP contribution in [0.15, 0.2) is 18.2 Å². The minimum Gasteiger partial charge on any atom is -0.490 e. The van der Waals surface area contributed by atoms with Crippen molar-refractivity contribution in [1.82, 2.24) is 0 Å². The van der Waals surface area contributed by atoms with Crippen LogP contribution in [0.3, 0.4) is 0 Å². The van der Waals surface area contributed by atoms with Gasteiger partial charge in [0, 0.05) is 19.6 Å². The zero-order valence-corrected chi connectivity index (χ0v) is 12.9. The van der Waals surface area contributed by atoms with Crippen molar-refractivity contribution >= 4 is 0 Å². The molecule has 0 spiro atoms. The van der Waals surface area contributed by atoms with Gasteiger partial charge in [-0.05, 0) is 44.4 Å². The first kappa shape index (κ1) is 16.9. The molecular weight excluding hydrogens is 257 g/mol. The maximum atomic E-state index is 13.9. The first-order chi connectivity index (χ1) is 9.38. The first-order valence-electron chi connectivity index (χ1n) is 7.10. The first-order valence-corrected chi connectivity index (χ1v) is 7.10. The van der Waals surface area contributed by atoms with Crippen molar-refractivity contribution in [1.29, 1.82) is 0 Å². The SMILES string of the molecule is CCC(N)Cc1ccc(OCCC(C)(C)OC)c(F)c1. The average Bonchev–Trinajstić information content (AvgIpc) is 2.41. The summed E-state index contributed by atoms with van der Waals surface area (Å²) in [5, 5.41) is 0. The number of hydrogen-bond acceptors (Lipinski definition) is 3. The zero-order valence-electron chi connectivity index (χ0n) is 12.9. The Morgan fingerprint density at radius 1 is 1.35 bits per heavy atom. The molecule has 114 valence electrons. The normalized spacial score (nSPS) is 13.3.